The third-order valence-electron chi connectivity index (χ3n) is 3.63. The van der Waals surface area contributed by atoms with Gasteiger partial charge in [-0.2, -0.15) is 0 Å². The van der Waals surface area contributed by atoms with Gasteiger partial charge in [-0.1, -0.05) is 30.3 Å². The largest absolute Gasteiger partial charge is 0.466 e. The zero-order chi connectivity index (χ0) is 15.9. The van der Waals surface area contributed by atoms with Crippen molar-refractivity contribution >= 4 is 12.1 Å². The van der Waals surface area contributed by atoms with Crippen molar-refractivity contribution in [2.45, 2.75) is 38.5 Å². The molecule has 1 fully saturated rings. The van der Waals surface area contributed by atoms with E-state index in [0.717, 1.165) is 5.56 Å². The number of hydrogen-bond acceptors (Lipinski definition) is 5. The first-order chi connectivity index (χ1) is 10.6. The summed E-state index contributed by atoms with van der Waals surface area (Å²) in [6.45, 7) is 2.53. The van der Waals surface area contributed by atoms with Gasteiger partial charge in [0.1, 0.15) is 6.61 Å². The van der Waals surface area contributed by atoms with Gasteiger partial charge in [-0.15, -0.1) is 0 Å². The number of likely N-dealkylation sites (tertiary alicyclic amines) is 1. The maximum Gasteiger partial charge on any atom is 0.410 e. The van der Waals surface area contributed by atoms with E-state index in [1.165, 1.54) is 4.90 Å². The van der Waals surface area contributed by atoms with Gasteiger partial charge in [0.05, 0.1) is 25.2 Å². The number of carbonyl (C=O) groups is 2. The first-order valence-electron chi connectivity index (χ1n) is 7.42. The molecule has 1 saturated heterocycles. The fraction of sp³-hybridized carbons (Fsp3) is 0.500. The van der Waals surface area contributed by atoms with Crippen molar-refractivity contribution in [3.8, 4) is 0 Å². The smallest absolute Gasteiger partial charge is 0.410 e. The maximum absolute atomic E-state index is 12.2. The van der Waals surface area contributed by atoms with Crippen LogP contribution < -0.4 is 0 Å². The number of amides is 1. The predicted octanol–water partition coefficient (Wildman–Crippen LogP) is 1.71. The number of rotatable bonds is 5. The van der Waals surface area contributed by atoms with E-state index in [9.17, 15) is 14.7 Å². The van der Waals surface area contributed by atoms with Gasteiger partial charge in [0.25, 0.3) is 0 Å². The predicted molar refractivity (Wildman–Crippen MR) is 79.0 cm³/mol. The summed E-state index contributed by atoms with van der Waals surface area (Å²) < 4.78 is 10.1. The maximum atomic E-state index is 12.2. The summed E-state index contributed by atoms with van der Waals surface area (Å²) >= 11 is 0. The van der Waals surface area contributed by atoms with Crippen LogP contribution in [0.15, 0.2) is 30.3 Å². The van der Waals surface area contributed by atoms with Crippen LogP contribution in [0.1, 0.15) is 25.3 Å². The molecule has 1 heterocycles. The number of ether oxygens (including phenoxy) is 2. The number of benzene rings is 1. The van der Waals surface area contributed by atoms with Crippen molar-refractivity contribution in [1.29, 1.82) is 0 Å². The van der Waals surface area contributed by atoms with Gasteiger partial charge >= 0.3 is 12.1 Å². The van der Waals surface area contributed by atoms with Gasteiger partial charge in [-0.3, -0.25) is 4.79 Å². The van der Waals surface area contributed by atoms with E-state index in [1.807, 2.05) is 30.3 Å². The van der Waals surface area contributed by atoms with E-state index in [-0.39, 0.29) is 19.6 Å². The van der Waals surface area contributed by atoms with Gasteiger partial charge in [-0.25, -0.2) is 4.79 Å². The molecular weight excluding hydrogens is 286 g/mol. The molecule has 0 aliphatic carbocycles. The van der Waals surface area contributed by atoms with Crippen LogP contribution in [-0.2, 0) is 20.9 Å². The molecule has 1 amide bonds. The lowest BCUT2D eigenvalue weighted by Gasteiger charge is -2.24. The van der Waals surface area contributed by atoms with E-state index in [0.29, 0.717) is 13.0 Å². The molecule has 0 aromatic heterocycles. The second-order valence-electron chi connectivity index (χ2n) is 5.17. The zero-order valence-corrected chi connectivity index (χ0v) is 12.6. The second kappa shape index (κ2) is 7.79. The van der Waals surface area contributed by atoms with Gasteiger partial charge in [0.2, 0.25) is 0 Å². The number of aliphatic hydroxyl groups is 1. The van der Waals surface area contributed by atoms with Crippen LogP contribution in [0.4, 0.5) is 4.79 Å². The van der Waals surface area contributed by atoms with Crippen molar-refractivity contribution in [3.63, 3.8) is 0 Å². The van der Waals surface area contributed by atoms with Crippen LogP contribution in [0, 0.1) is 0 Å². The number of hydrogen-bond donors (Lipinski definition) is 1. The van der Waals surface area contributed by atoms with Crippen LogP contribution >= 0.6 is 0 Å². The lowest BCUT2D eigenvalue weighted by molar-refractivity contribution is -0.144. The van der Waals surface area contributed by atoms with E-state index < -0.39 is 24.2 Å². The number of aliphatic hydroxyl groups excluding tert-OH is 1. The Hall–Kier alpha value is -2.08. The van der Waals surface area contributed by atoms with Crippen LogP contribution in [0.25, 0.3) is 0 Å². The molecule has 6 nitrogen and oxygen atoms in total. The molecule has 2 atom stereocenters. The normalized spacial score (nSPS) is 20.7. The van der Waals surface area contributed by atoms with Crippen molar-refractivity contribution in [2.24, 2.45) is 0 Å². The number of esters is 1. The zero-order valence-electron chi connectivity index (χ0n) is 12.6. The Kier molecular flexibility index (Phi) is 5.77. The molecule has 6 heteroatoms. The third kappa shape index (κ3) is 4.21. The van der Waals surface area contributed by atoms with Gasteiger partial charge in [-0.05, 0) is 18.9 Å². The van der Waals surface area contributed by atoms with Crippen molar-refractivity contribution in [3.05, 3.63) is 35.9 Å². The summed E-state index contributed by atoms with van der Waals surface area (Å²) in [5, 5.41) is 9.95. The average Bonchev–Trinajstić information content (AvgIpc) is 2.87. The Morgan fingerprint density at radius 1 is 1.27 bits per heavy atom. The summed E-state index contributed by atoms with van der Waals surface area (Å²) in [6.07, 6.45) is -0.830. The molecule has 2 rings (SSSR count). The number of carbonyl (C=O) groups excluding carboxylic acids is 2. The average molecular weight is 307 g/mol. The second-order valence-corrected chi connectivity index (χ2v) is 5.17. The highest BCUT2D eigenvalue weighted by molar-refractivity contribution is 5.73. The van der Waals surface area contributed by atoms with E-state index in [2.05, 4.69) is 0 Å². The minimum atomic E-state index is -0.728. The van der Waals surface area contributed by atoms with Crippen LogP contribution in [0.3, 0.4) is 0 Å². The Bertz CT molecular complexity index is 505. The fourth-order valence-corrected chi connectivity index (χ4v) is 2.50. The SMILES string of the molecule is CCOC(=O)C[C@@H]1[C@H](O)CCN1C(=O)OCc1ccccc1. The van der Waals surface area contributed by atoms with Crippen LogP contribution in [0.2, 0.25) is 0 Å². The molecule has 0 bridgehead atoms. The van der Waals surface area contributed by atoms with Gasteiger partial charge in [0.15, 0.2) is 0 Å². The molecule has 0 unspecified atom stereocenters. The lowest BCUT2D eigenvalue weighted by atomic mass is 10.1. The molecule has 0 saturated carbocycles. The topological polar surface area (TPSA) is 76.1 Å². The molecule has 1 aromatic carbocycles. The van der Waals surface area contributed by atoms with E-state index in [1.54, 1.807) is 6.92 Å². The third-order valence-corrected chi connectivity index (χ3v) is 3.63. The van der Waals surface area contributed by atoms with Gasteiger partial charge < -0.3 is 19.5 Å². The summed E-state index contributed by atoms with van der Waals surface area (Å²) in [6, 6.07) is 8.77. The summed E-state index contributed by atoms with van der Waals surface area (Å²) in [5.41, 5.74) is 0.887. The number of nitrogens with zero attached hydrogens (tertiary/aromatic N) is 1. The monoisotopic (exact) mass is 307 g/mol. The van der Waals surface area contributed by atoms with Crippen LogP contribution in [-0.4, -0.2) is 47.4 Å². The highest BCUT2D eigenvalue weighted by Crippen LogP contribution is 2.22. The molecule has 0 spiro atoms. The molecule has 120 valence electrons. The Morgan fingerprint density at radius 3 is 2.68 bits per heavy atom. The first-order valence-corrected chi connectivity index (χ1v) is 7.42. The molecule has 1 aromatic rings. The van der Waals surface area contributed by atoms with Crippen molar-refractivity contribution in [2.75, 3.05) is 13.2 Å². The van der Waals surface area contributed by atoms with E-state index >= 15 is 0 Å². The van der Waals surface area contributed by atoms with Crippen molar-refractivity contribution < 1.29 is 24.2 Å². The molecule has 1 aliphatic rings. The summed E-state index contributed by atoms with van der Waals surface area (Å²) in [7, 11) is 0. The lowest BCUT2D eigenvalue weighted by Crippen LogP contribution is -2.41. The first kappa shape index (κ1) is 16.3. The Balaban J connectivity index is 1.91. The minimum absolute atomic E-state index is 0.0184. The Labute approximate surface area is 129 Å². The Morgan fingerprint density at radius 2 is 2.00 bits per heavy atom. The highest BCUT2D eigenvalue weighted by atomic mass is 16.6. The summed E-state index contributed by atoms with van der Waals surface area (Å²) in [4.78, 5) is 25.1. The molecule has 0 radical (unpaired) electrons. The van der Waals surface area contributed by atoms with E-state index in [4.69, 9.17) is 9.47 Å². The fourth-order valence-electron chi connectivity index (χ4n) is 2.50. The van der Waals surface area contributed by atoms with Gasteiger partial charge in [0, 0.05) is 6.54 Å². The molecule has 1 N–H and O–H groups in total. The quantitative estimate of drug-likeness (QED) is 0.838. The summed E-state index contributed by atoms with van der Waals surface area (Å²) in [5.74, 6) is -0.422. The molecular formula is C16H21NO5. The molecule has 22 heavy (non-hydrogen) atoms. The van der Waals surface area contributed by atoms with Crippen LogP contribution in [0.5, 0.6) is 0 Å². The molecule has 1 aliphatic heterocycles. The minimum Gasteiger partial charge on any atom is -0.466 e. The standard InChI is InChI=1S/C16H21NO5/c1-2-21-15(19)10-13-14(18)8-9-17(13)16(20)22-11-12-6-4-3-5-7-12/h3-7,13-14,18H,2,8-11H2,1H3/t13-,14-/m1/s1. The van der Waals surface area contributed by atoms with Crippen molar-refractivity contribution in [1.82, 2.24) is 4.90 Å². The highest BCUT2D eigenvalue weighted by Gasteiger charge is 2.38.